The first-order valence-corrected chi connectivity index (χ1v) is 7.84. The molecule has 2 nitrogen and oxygen atoms in total. The fourth-order valence-corrected chi connectivity index (χ4v) is 3.41. The Balaban J connectivity index is 2.06. The third kappa shape index (κ3) is 2.68. The minimum absolute atomic E-state index is 0.160. The molecule has 2 rings (SSSR count). The van der Waals surface area contributed by atoms with Crippen LogP contribution in [-0.4, -0.2) is 28.7 Å². The quantitative estimate of drug-likeness (QED) is 0.693. The molecule has 0 bridgehead atoms. The van der Waals surface area contributed by atoms with Gasteiger partial charge >= 0.3 is 0 Å². The van der Waals surface area contributed by atoms with Gasteiger partial charge < -0.3 is 4.90 Å². The molecule has 1 fully saturated rings. The van der Waals surface area contributed by atoms with Gasteiger partial charge in [-0.05, 0) is 34.3 Å². The first kappa shape index (κ1) is 12.6. The number of hydrogen-bond donors (Lipinski definition) is 0. The molecule has 1 saturated heterocycles. The molecule has 0 saturated carbocycles. The largest absolute Gasteiger partial charge is 0.338 e. The van der Waals surface area contributed by atoms with Gasteiger partial charge in [-0.15, -0.1) is 11.3 Å². The number of hydrogen-bond acceptors (Lipinski definition) is 2. The summed E-state index contributed by atoms with van der Waals surface area (Å²) in [5.41, 5.74) is 0.803. The molecule has 1 aliphatic heterocycles. The van der Waals surface area contributed by atoms with E-state index in [1.54, 1.807) is 11.3 Å². The second-order valence-electron chi connectivity index (χ2n) is 4.17. The number of carbonyl (C=O) groups is 1. The van der Waals surface area contributed by atoms with Crippen molar-refractivity contribution in [1.82, 2.24) is 4.90 Å². The predicted molar refractivity (Wildman–Crippen MR) is 74.4 cm³/mol. The van der Waals surface area contributed by atoms with Gasteiger partial charge in [-0.1, -0.05) is 22.9 Å². The Morgan fingerprint density at radius 1 is 1.62 bits per heavy atom. The second-order valence-corrected chi connectivity index (χ2v) is 7.64. The summed E-state index contributed by atoms with van der Waals surface area (Å²) < 4.78 is 1.01. The van der Waals surface area contributed by atoms with Crippen LogP contribution in [-0.2, 0) is 0 Å². The van der Waals surface area contributed by atoms with Gasteiger partial charge in [0, 0.05) is 23.3 Å². The normalized spacial score (nSPS) is 25.8. The molecule has 16 heavy (non-hydrogen) atoms. The molecule has 0 aromatic carbocycles. The number of amides is 1. The van der Waals surface area contributed by atoms with Gasteiger partial charge in [-0.2, -0.15) is 0 Å². The molecule has 88 valence electrons. The van der Waals surface area contributed by atoms with Crippen molar-refractivity contribution in [2.75, 3.05) is 13.1 Å². The lowest BCUT2D eigenvalue weighted by Gasteiger charge is -2.34. The Hall–Kier alpha value is 0.130. The Kier molecular flexibility index (Phi) is 4.08. The topological polar surface area (TPSA) is 20.3 Å². The van der Waals surface area contributed by atoms with E-state index in [4.69, 9.17) is 0 Å². The van der Waals surface area contributed by atoms with Crippen LogP contribution in [0, 0.1) is 5.92 Å². The number of piperidine rings is 1. The van der Waals surface area contributed by atoms with Gasteiger partial charge in [0.25, 0.3) is 5.91 Å². The maximum atomic E-state index is 12.2. The molecule has 2 heterocycles. The molecule has 1 amide bonds. The number of nitrogens with zero attached hydrogens (tertiary/aromatic N) is 1. The Labute approximate surface area is 116 Å². The summed E-state index contributed by atoms with van der Waals surface area (Å²) in [6.07, 6.45) is 1.04. The van der Waals surface area contributed by atoms with Gasteiger partial charge in [0.05, 0.1) is 9.35 Å². The standard InChI is InChI=1S/C11H13Br2NOS/c1-7-5-14(3-2-9(7)12)11(15)8-4-10(13)16-6-8/h4,6-7,9H,2-3,5H2,1H3. The van der Waals surface area contributed by atoms with Crippen LogP contribution in [0.5, 0.6) is 0 Å². The van der Waals surface area contributed by atoms with E-state index in [-0.39, 0.29) is 5.91 Å². The minimum Gasteiger partial charge on any atom is -0.338 e. The maximum Gasteiger partial charge on any atom is 0.254 e. The Morgan fingerprint density at radius 2 is 2.38 bits per heavy atom. The molecule has 2 atom stereocenters. The summed E-state index contributed by atoms with van der Waals surface area (Å²) in [5, 5.41) is 1.91. The minimum atomic E-state index is 0.160. The van der Waals surface area contributed by atoms with Crippen molar-refractivity contribution in [2.45, 2.75) is 18.2 Å². The van der Waals surface area contributed by atoms with Crippen LogP contribution < -0.4 is 0 Å². The summed E-state index contributed by atoms with van der Waals surface area (Å²) in [6.45, 7) is 3.89. The molecule has 0 aliphatic carbocycles. The lowest BCUT2D eigenvalue weighted by molar-refractivity contribution is 0.0691. The van der Waals surface area contributed by atoms with E-state index in [9.17, 15) is 4.79 Å². The van der Waals surface area contributed by atoms with E-state index in [2.05, 4.69) is 38.8 Å². The van der Waals surface area contributed by atoms with Gasteiger partial charge in [0.1, 0.15) is 0 Å². The average molecular weight is 367 g/mol. The van der Waals surface area contributed by atoms with Gasteiger partial charge in [-0.3, -0.25) is 4.79 Å². The highest BCUT2D eigenvalue weighted by Gasteiger charge is 2.27. The van der Waals surface area contributed by atoms with Gasteiger partial charge in [0.15, 0.2) is 0 Å². The van der Waals surface area contributed by atoms with E-state index in [1.807, 2.05) is 16.3 Å². The number of halogens is 2. The van der Waals surface area contributed by atoms with E-state index in [0.717, 1.165) is 28.9 Å². The first-order valence-electron chi connectivity index (χ1n) is 5.25. The van der Waals surface area contributed by atoms with Crippen LogP contribution in [0.4, 0.5) is 0 Å². The second kappa shape index (κ2) is 5.19. The van der Waals surface area contributed by atoms with Crippen LogP contribution in [0.2, 0.25) is 0 Å². The Bertz CT molecular complexity index is 393. The molecule has 5 heteroatoms. The van der Waals surface area contributed by atoms with E-state index in [1.165, 1.54) is 0 Å². The molecular weight excluding hydrogens is 354 g/mol. The van der Waals surface area contributed by atoms with E-state index < -0.39 is 0 Å². The SMILES string of the molecule is CC1CN(C(=O)c2csc(Br)c2)CCC1Br. The van der Waals surface area contributed by atoms with E-state index in [0.29, 0.717) is 10.7 Å². The highest BCUT2D eigenvalue weighted by atomic mass is 79.9. The first-order chi connectivity index (χ1) is 7.58. The van der Waals surface area contributed by atoms with Crippen molar-refractivity contribution in [3.8, 4) is 0 Å². The molecule has 0 N–H and O–H groups in total. The third-order valence-electron chi connectivity index (χ3n) is 2.90. The molecule has 1 aromatic heterocycles. The zero-order chi connectivity index (χ0) is 11.7. The number of carbonyl (C=O) groups excluding carboxylic acids is 1. The molecular formula is C11H13Br2NOS. The summed E-state index contributed by atoms with van der Waals surface area (Å²) in [7, 11) is 0. The smallest absolute Gasteiger partial charge is 0.254 e. The predicted octanol–water partition coefficient (Wildman–Crippen LogP) is 3.76. The fourth-order valence-electron chi connectivity index (χ4n) is 1.91. The van der Waals surface area contributed by atoms with Gasteiger partial charge in [0.2, 0.25) is 0 Å². The van der Waals surface area contributed by atoms with Crippen molar-refractivity contribution in [3.63, 3.8) is 0 Å². The van der Waals surface area contributed by atoms with Crippen LogP contribution >= 0.6 is 43.2 Å². The highest BCUT2D eigenvalue weighted by molar-refractivity contribution is 9.11. The maximum absolute atomic E-state index is 12.2. The molecule has 1 aliphatic rings. The number of rotatable bonds is 1. The summed E-state index contributed by atoms with van der Waals surface area (Å²) in [6, 6.07) is 1.90. The fraction of sp³-hybridized carbons (Fsp3) is 0.545. The van der Waals surface area contributed by atoms with E-state index >= 15 is 0 Å². The Morgan fingerprint density at radius 3 is 2.94 bits per heavy atom. The monoisotopic (exact) mass is 365 g/mol. The van der Waals surface area contributed by atoms with Gasteiger partial charge in [-0.25, -0.2) is 0 Å². The molecule has 2 unspecified atom stereocenters. The zero-order valence-corrected chi connectivity index (χ0v) is 12.9. The molecule has 0 spiro atoms. The number of thiophene rings is 1. The summed E-state index contributed by atoms with van der Waals surface area (Å²) in [5.74, 6) is 0.688. The van der Waals surface area contributed by atoms with Crippen LogP contribution in [0.15, 0.2) is 15.2 Å². The molecule has 0 radical (unpaired) electrons. The van der Waals surface area contributed by atoms with Crippen LogP contribution in [0.1, 0.15) is 23.7 Å². The summed E-state index contributed by atoms with van der Waals surface area (Å²) >= 11 is 8.59. The van der Waals surface area contributed by atoms with Crippen molar-refractivity contribution < 1.29 is 4.79 Å². The van der Waals surface area contributed by atoms with Crippen molar-refractivity contribution in [2.24, 2.45) is 5.92 Å². The third-order valence-corrected chi connectivity index (χ3v) is 5.77. The number of alkyl halides is 1. The lowest BCUT2D eigenvalue weighted by atomic mass is 9.99. The van der Waals surface area contributed by atoms with Crippen molar-refractivity contribution in [3.05, 3.63) is 20.8 Å². The average Bonchev–Trinajstić information content (AvgIpc) is 2.68. The van der Waals surface area contributed by atoms with Crippen molar-refractivity contribution in [1.29, 1.82) is 0 Å². The zero-order valence-electron chi connectivity index (χ0n) is 8.95. The number of likely N-dealkylation sites (tertiary alicyclic amines) is 1. The molecule has 1 aromatic rings. The van der Waals surface area contributed by atoms with Crippen molar-refractivity contribution >= 4 is 49.1 Å². The van der Waals surface area contributed by atoms with Crippen LogP contribution in [0.25, 0.3) is 0 Å². The van der Waals surface area contributed by atoms with Crippen LogP contribution in [0.3, 0.4) is 0 Å². The lowest BCUT2D eigenvalue weighted by Crippen LogP contribution is -2.43. The summed E-state index contributed by atoms with van der Waals surface area (Å²) in [4.78, 5) is 14.7. The highest BCUT2D eigenvalue weighted by Crippen LogP contribution is 2.26.